The number of morpholine rings is 1. The highest BCUT2D eigenvalue weighted by molar-refractivity contribution is 5.79. The molecule has 2 aliphatic heterocycles. The fourth-order valence-electron chi connectivity index (χ4n) is 3.49. The van der Waals surface area contributed by atoms with Gasteiger partial charge in [-0.15, -0.1) is 0 Å². The molecule has 2 atom stereocenters. The van der Waals surface area contributed by atoms with Crippen LogP contribution in [0.5, 0.6) is 5.75 Å². The number of hydrogen-bond acceptors (Lipinski definition) is 4. The van der Waals surface area contributed by atoms with Gasteiger partial charge in [-0.25, -0.2) is 0 Å². The minimum Gasteiger partial charge on any atom is -0.484 e. The van der Waals surface area contributed by atoms with Crippen LogP contribution in [0.4, 0.5) is 13.2 Å². The summed E-state index contributed by atoms with van der Waals surface area (Å²) in [5, 5.41) is 6.47. The summed E-state index contributed by atoms with van der Waals surface area (Å²) >= 11 is 0. The lowest BCUT2D eigenvalue weighted by Gasteiger charge is -2.35. The van der Waals surface area contributed by atoms with E-state index in [0.29, 0.717) is 25.1 Å². The molecule has 2 unspecified atom stereocenters. The second kappa shape index (κ2) is 9.47. The fourth-order valence-corrected chi connectivity index (χ4v) is 3.49. The number of aliphatic imine (C=N–C) groups is 1. The maximum absolute atomic E-state index is 12.2. The van der Waals surface area contributed by atoms with Crippen LogP contribution in [0.15, 0.2) is 29.3 Å². The molecule has 6 nitrogen and oxygen atoms in total. The Balaban J connectivity index is 1.39. The molecule has 0 bridgehead atoms. The highest BCUT2D eigenvalue weighted by atomic mass is 19.4. The molecule has 1 aromatic rings. The molecule has 156 valence electrons. The van der Waals surface area contributed by atoms with Crippen LogP contribution in [-0.4, -0.2) is 69.1 Å². The van der Waals surface area contributed by atoms with Gasteiger partial charge in [0, 0.05) is 32.7 Å². The van der Waals surface area contributed by atoms with E-state index in [2.05, 4.69) is 20.5 Å². The highest BCUT2D eigenvalue weighted by Crippen LogP contribution is 2.22. The molecule has 28 heavy (non-hydrogen) atoms. The van der Waals surface area contributed by atoms with E-state index in [1.54, 1.807) is 19.2 Å². The van der Waals surface area contributed by atoms with E-state index in [1.807, 2.05) is 0 Å². The molecule has 2 saturated heterocycles. The Labute approximate surface area is 163 Å². The van der Waals surface area contributed by atoms with Crippen molar-refractivity contribution in [3.8, 4) is 5.75 Å². The van der Waals surface area contributed by atoms with E-state index in [4.69, 9.17) is 9.47 Å². The molecule has 0 amide bonds. The zero-order valence-corrected chi connectivity index (χ0v) is 16.0. The minimum atomic E-state index is -4.34. The van der Waals surface area contributed by atoms with Crippen LogP contribution in [0, 0.1) is 0 Å². The standard InChI is InChI=1S/C19H27F3N4O2/c1-23-18(25-10-17-11-26-8-2-3-15(26)12-27-17)24-9-14-4-6-16(7-5-14)28-13-19(20,21)22/h4-7,15,17H,2-3,8-13H2,1H3,(H2,23,24,25). The monoisotopic (exact) mass is 400 g/mol. The Morgan fingerprint density at radius 1 is 1.29 bits per heavy atom. The predicted molar refractivity (Wildman–Crippen MR) is 101 cm³/mol. The van der Waals surface area contributed by atoms with Gasteiger partial charge >= 0.3 is 6.18 Å². The van der Waals surface area contributed by atoms with Crippen molar-refractivity contribution in [2.75, 3.05) is 39.9 Å². The molecular weight excluding hydrogens is 373 g/mol. The van der Waals surface area contributed by atoms with Crippen LogP contribution in [0.2, 0.25) is 0 Å². The number of alkyl halides is 3. The summed E-state index contributed by atoms with van der Waals surface area (Å²) < 4.78 is 47.2. The molecule has 9 heteroatoms. The Bertz CT molecular complexity index is 652. The Morgan fingerprint density at radius 3 is 2.79 bits per heavy atom. The lowest BCUT2D eigenvalue weighted by molar-refractivity contribution is -0.153. The SMILES string of the molecule is CN=C(NCc1ccc(OCC(F)(F)F)cc1)NCC1CN2CCCC2CO1. The highest BCUT2D eigenvalue weighted by Gasteiger charge is 2.32. The van der Waals surface area contributed by atoms with E-state index in [1.165, 1.54) is 25.0 Å². The molecule has 0 aromatic heterocycles. The first-order chi connectivity index (χ1) is 13.4. The van der Waals surface area contributed by atoms with Crippen molar-refractivity contribution in [2.45, 2.75) is 37.7 Å². The maximum atomic E-state index is 12.2. The van der Waals surface area contributed by atoms with Gasteiger partial charge in [0.15, 0.2) is 12.6 Å². The average Bonchev–Trinajstić information content (AvgIpc) is 3.14. The van der Waals surface area contributed by atoms with Gasteiger partial charge in [0.2, 0.25) is 0 Å². The Kier molecular flexibility index (Phi) is 7.01. The van der Waals surface area contributed by atoms with Crippen molar-refractivity contribution in [1.82, 2.24) is 15.5 Å². The summed E-state index contributed by atoms with van der Waals surface area (Å²) in [4.78, 5) is 6.70. The molecule has 2 heterocycles. The van der Waals surface area contributed by atoms with Gasteiger partial charge in [0.1, 0.15) is 5.75 Å². The smallest absolute Gasteiger partial charge is 0.422 e. The molecule has 0 saturated carbocycles. The number of nitrogens with one attached hydrogen (secondary N) is 2. The Hall–Kier alpha value is -2.00. The molecule has 2 fully saturated rings. The summed E-state index contributed by atoms with van der Waals surface area (Å²) in [6.07, 6.45) is -1.73. The molecule has 2 N–H and O–H groups in total. The third kappa shape index (κ3) is 6.27. The number of rotatable bonds is 6. The molecule has 0 aliphatic carbocycles. The molecule has 0 radical (unpaired) electrons. The van der Waals surface area contributed by atoms with Crippen molar-refractivity contribution < 1.29 is 22.6 Å². The third-order valence-corrected chi connectivity index (χ3v) is 4.97. The molecule has 2 aliphatic rings. The number of ether oxygens (including phenoxy) is 2. The lowest BCUT2D eigenvalue weighted by atomic mass is 10.2. The van der Waals surface area contributed by atoms with E-state index >= 15 is 0 Å². The number of nitrogens with zero attached hydrogens (tertiary/aromatic N) is 2. The second-order valence-electron chi connectivity index (χ2n) is 7.10. The molecule has 0 spiro atoms. The number of benzene rings is 1. The quantitative estimate of drug-likeness (QED) is 0.566. The number of guanidine groups is 1. The molecular formula is C19H27F3N4O2. The van der Waals surface area contributed by atoms with Crippen LogP contribution in [0.25, 0.3) is 0 Å². The van der Waals surface area contributed by atoms with Crippen LogP contribution in [0.1, 0.15) is 18.4 Å². The first-order valence-corrected chi connectivity index (χ1v) is 9.51. The number of hydrogen-bond donors (Lipinski definition) is 2. The van der Waals surface area contributed by atoms with E-state index in [-0.39, 0.29) is 11.9 Å². The fraction of sp³-hybridized carbons (Fsp3) is 0.632. The van der Waals surface area contributed by atoms with Gasteiger partial charge < -0.3 is 20.1 Å². The summed E-state index contributed by atoms with van der Waals surface area (Å²) in [5.41, 5.74) is 0.913. The number of fused-ring (bicyclic) bond motifs is 1. The van der Waals surface area contributed by atoms with Crippen molar-refractivity contribution in [3.63, 3.8) is 0 Å². The number of halogens is 3. The van der Waals surface area contributed by atoms with Gasteiger partial charge in [0.05, 0.1) is 12.7 Å². The largest absolute Gasteiger partial charge is 0.484 e. The topological polar surface area (TPSA) is 58.1 Å². The second-order valence-corrected chi connectivity index (χ2v) is 7.10. The third-order valence-electron chi connectivity index (χ3n) is 4.97. The van der Waals surface area contributed by atoms with Gasteiger partial charge in [-0.3, -0.25) is 9.89 Å². The van der Waals surface area contributed by atoms with E-state index in [9.17, 15) is 13.2 Å². The summed E-state index contributed by atoms with van der Waals surface area (Å²) in [6.45, 7) is 2.77. The van der Waals surface area contributed by atoms with Gasteiger partial charge in [0.25, 0.3) is 0 Å². The maximum Gasteiger partial charge on any atom is 0.422 e. The van der Waals surface area contributed by atoms with Gasteiger partial charge in [-0.05, 0) is 37.1 Å². The van der Waals surface area contributed by atoms with Crippen molar-refractivity contribution >= 4 is 5.96 Å². The van der Waals surface area contributed by atoms with Gasteiger partial charge in [-0.1, -0.05) is 12.1 Å². The molecule has 1 aromatic carbocycles. The van der Waals surface area contributed by atoms with Crippen LogP contribution < -0.4 is 15.4 Å². The van der Waals surface area contributed by atoms with Crippen molar-refractivity contribution in [2.24, 2.45) is 4.99 Å². The van der Waals surface area contributed by atoms with Gasteiger partial charge in [-0.2, -0.15) is 13.2 Å². The van der Waals surface area contributed by atoms with Crippen LogP contribution in [-0.2, 0) is 11.3 Å². The van der Waals surface area contributed by atoms with Crippen LogP contribution in [0.3, 0.4) is 0 Å². The summed E-state index contributed by atoms with van der Waals surface area (Å²) in [7, 11) is 1.70. The summed E-state index contributed by atoms with van der Waals surface area (Å²) in [6, 6.07) is 7.09. The van der Waals surface area contributed by atoms with Crippen LogP contribution >= 0.6 is 0 Å². The van der Waals surface area contributed by atoms with Crippen molar-refractivity contribution in [1.29, 1.82) is 0 Å². The zero-order chi connectivity index (χ0) is 20.0. The average molecular weight is 400 g/mol. The molecule has 3 rings (SSSR count). The van der Waals surface area contributed by atoms with E-state index in [0.717, 1.165) is 25.3 Å². The lowest BCUT2D eigenvalue weighted by Crippen LogP contribution is -2.51. The predicted octanol–water partition coefficient (Wildman–Crippen LogP) is 2.16. The summed E-state index contributed by atoms with van der Waals surface area (Å²) in [5.74, 6) is 0.850. The first-order valence-electron chi connectivity index (χ1n) is 9.51. The Morgan fingerprint density at radius 2 is 2.07 bits per heavy atom. The first kappa shape index (κ1) is 20.7. The minimum absolute atomic E-state index is 0.137. The zero-order valence-electron chi connectivity index (χ0n) is 16.0. The normalized spacial score (nSPS) is 23.4. The van der Waals surface area contributed by atoms with Crippen molar-refractivity contribution in [3.05, 3.63) is 29.8 Å². The van der Waals surface area contributed by atoms with E-state index < -0.39 is 12.8 Å².